The Labute approximate surface area is 210 Å². The maximum atomic E-state index is 6.54. The van der Waals surface area contributed by atoms with Gasteiger partial charge in [-0.05, 0) is 37.1 Å². The highest BCUT2D eigenvalue weighted by atomic mass is 27.3. The Bertz CT molecular complexity index is 922. The van der Waals surface area contributed by atoms with Gasteiger partial charge in [-0.3, -0.25) is 9.98 Å². The molecule has 1 aliphatic carbocycles. The van der Waals surface area contributed by atoms with E-state index < -0.39 is 14.4 Å². The minimum absolute atomic E-state index is 0.127. The number of rotatable bonds is 8. The second-order valence-electron chi connectivity index (χ2n) is 8.59. The van der Waals surface area contributed by atoms with Gasteiger partial charge in [0.05, 0.1) is 36.8 Å². The van der Waals surface area contributed by atoms with Gasteiger partial charge in [-0.15, -0.1) is 0 Å². The first-order valence-corrected chi connectivity index (χ1v) is 14.1. The molecular weight excluding hydrogens is 463 g/mol. The molecule has 0 saturated heterocycles. The molecular formula is C26H34AlN2O6-. The van der Waals surface area contributed by atoms with E-state index in [-0.39, 0.29) is 25.3 Å². The molecule has 2 aliphatic rings. The molecule has 0 amide bonds. The van der Waals surface area contributed by atoms with Crippen LogP contribution in [0, 0.1) is 0 Å². The topological polar surface area (TPSA) is 80.1 Å². The first-order valence-electron chi connectivity index (χ1n) is 12.2. The standard InChI is InChI=1S/C20H22N2O2.2C3H7O2.Al/c23-19-11-5-1-7-15(19)13-21-17-9-3-4-10-18(17)22-14-16-8-2-6-12-20(16)24;2*1-5-3-2-4;/h1-2,5-8,11-14,17-18,23-24H,3-4,9-10H2;2*2-3H2,1H3;/q;2*-1;+3/p-2/t17-,18-;;;/m1.../s1. The van der Waals surface area contributed by atoms with Gasteiger partial charge in [0, 0.05) is 51.0 Å². The third kappa shape index (κ3) is 7.14. The summed E-state index contributed by atoms with van der Waals surface area (Å²) in [5, 5.41) is 0. The number of methoxy groups -OCH3 is 2. The number of nitrogens with zero attached hydrogens (tertiary/aromatic N) is 2. The van der Waals surface area contributed by atoms with Crippen LogP contribution in [0.4, 0.5) is 0 Å². The summed E-state index contributed by atoms with van der Waals surface area (Å²) in [7, 11) is 3.24. The minimum Gasteiger partial charge on any atom is -0.719 e. The molecule has 0 spiro atoms. The number of para-hydroxylation sites is 2. The van der Waals surface area contributed by atoms with Crippen molar-refractivity contribution in [2.75, 3.05) is 40.6 Å². The maximum Gasteiger partial charge on any atom is 1.04 e. The Morgan fingerprint density at radius 2 is 1.17 bits per heavy atom. The molecule has 4 rings (SSSR count). The average Bonchev–Trinajstić information content (AvgIpc) is 2.89. The van der Waals surface area contributed by atoms with Crippen LogP contribution in [0.15, 0.2) is 58.5 Å². The molecule has 0 radical (unpaired) electrons. The fraction of sp³-hybridized carbons (Fsp3) is 0.462. The highest BCUT2D eigenvalue weighted by molar-refractivity contribution is 6.55. The Kier molecular flexibility index (Phi) is 9.72. The van der Waals surface area contributed by atoms with E-state index in [0.29, 0.717) is 24.7 Å². The molecule has 0 bridgehead atoms. The van der Waals surface area contributed by atoms with Crippen LogP contribution < -0.4 is 7.58 Å². The molecule has 188 valence electrons. The summed E-state index contributed by atoms with van der Waals surface area (Å²) in [4.78, 5) is 9.89. The highest BCUT2D eigenvalue weighted by Crippen LogP contribution is 2.29. The lowest BCUT2D eigenvalue weighted by Gasteiger charge is -2.38. The first-order chi connectivity index (χ1) is 17.2. The predicted molar refractivity (Wildman–Crippen MR) is 137 cm³/mol. The summed E-state index contributed by atoms with van der Waals surface area (Å²) < 4.78 is 36.0. The lowest BCUT2D eigenvalue weighted by atomic mass is 9.91. The predicted octanol–water partition coefficient (Wildman–Crippen LogP) is 4.07. The third-order valence-corrected chi connectivity index (χ3v) is 8.48. The summed E-state index contributed by atoms with van der Waals surface area (Å²) >= 11 is -4.15. The monoisotopic (exact) mass is 497 g/mol. The van der Waals surface area contributed by atoms with Gasteiger partial charge in [-0.2, -0.15) is 0 Å². The van der Waals surface area contributed by atoms with E-state index in [0.717, 1.165) is 36.8 Å². The molecule has 0 aromatic heterocycles. The summed E-state index contributed by atoms with van der Waals surface area (Å²) in [5.74, 6) is 1.20. The van der Waals surface area contributed by atoms with Gasteiger partial charge in [0.2, 0.25) is 0 Å². The number of aliphatic imine (C=N–C) groups is 2. The van der Waals surface area contributed by atoms with E-state index in [2.05, 4.69) is 0 Å². The van der Waals surface area contributed by atoms with E-state index >= 15 is 0 Å². The Hall–Kier alpha value is -2.25. The van der Waals surface area contributed by atoms with Crippen LogP contribution in [-0.2, 0) is 17.1 Å². The molecule has 8 nitrogen and oxygen atoms in total. The lowest BCUT2D eigenvalue weighted by molar-refractivity contribution is 0.00998. The van der Waals surface area contributed by atoms with E-state index in [1.165, 1.54) is 0 Å². The van der Waals surface area contributed by atoms with Gasteiger partial charge < -0.3 is 24.6 Å². The molecule has 1 aliphatic heterocycles. The number of fused-ring (bicyclic) bond motifs is 3. The number of ether oxygens (including phenoxy) is 2. The van der Waals surface area contributed by atoms with Crippen molar-refractivity contribution in [3.05, 3.63) is 59.7 Å². The SMILES string of the molecule is COCC[O][Al-]1([O]CCOC)[O]c2ccccc2C=N[C@@H]2CCCC[C@H]2N=Cc2ccccc2[O]1. The minimum atomic E-state index is -4.15. The molecule has 2 aromatic carbocycles. The van der Waals surface area contributed by atoms with Crippen LogP contribution >= 0.6 is 0 Å². The van der Waals surface area contributed by atoms with Gasteiger partial charge in [0.1, 0.15) is 0 Å². The van der Waals surface area contributed by atoms with Crippen molar-refractivity contribution >= 4 is 26.8 Å². The van der Waals surface area contributed by atoms with Crippen LogP contribution in [0.3, 0.4) is 0 Å². The van der Waals surface area contributed by atoms with E-state index in [4.69, 9.17) is 34.6 Å². The van der Waals surface area contributed by atoms with Crippen molar-refractivity contribution in [2.45, 2.75) is 37.8 Å². The first kappa shape index (κ1) is 25.8. The zero-order chi connectivity index (χ0) is 24.3. The van der Waals surface area contributed by atoms with Crippen molar-refractivity contribution < 1.29 is 24.6 Å². The second kappa shape index (κ2) is 13.2. The molecule has 35 heavy (non-hydrogen) atoms. The normalized spacial score (nSPS) is 21.2. The van der Waals surface area contributed by atoms with Crippen LogP contribution in [0.1, 0.15) is 36.8 Å². The zero-order valence-electron chi connectivity index (χ0n) is 20.5. The molecule has 2 atom stereocenters. The van der Waals surface area contributed by atoms with Gasteiger partial charge >= 0.3 is 14.4 Å². The van der Waals surface area contributed by atoms with E-state index in [1.54, 1.807) is 14.2 Å². The Balaban J connectivity index is 1.79. The highest BCUT2D eigenvalue weighted by Gasteiger charge is 2.55. The second-order valence-corrected chi connectivity index (χ2v) is 10.9. The molecule has 2 aromatic rings. The van der Waals surface area contributed by atoms with E-state index in [1.807, 2.05) is 61.0 Å². The van der Waals surface area contributed by atoms with Crippen LogP contribution in [0.5, 0.6) is 11.5 Å². The van der Waals surface area contributed by atoms with E-state index in [9.17, 15) is 0 Å². The number of hydrogen-bond acceptors (Lipinski definition) is 8. The Morgan fingerprint density at radius 3 is 1.63 bits per heavy atom. The van der Waals surface area contributed by atoms with Crippen LogP contribution in [0.25, 0.3) is 0 Å². The van der Waals surface area contributed by atoms with Crippen molar-refractivity contribution in [3.63, 3.8) is 0 Å². The molecule has 0 unspecified atom stereocenters. The summed E-state index contributed by atoms with van der Waals surface area (Å²) in [6, 6.07) is 15.7. The van der Waals surface area contributed by atoms with Crippen LogP contribution in [0.2, 0.25) is 0 Å². The van der Waals surface area contributed by atoms with Crippen LogP contribution in [-0.4, -0.2) is 79.6 Å². The number of benzene rings is 2. The molecule has 1 fully saturated rings. The summed E-state index contributed by atoms with van der Waals surface area (Å²) in [6.45, 7) is 1.25. The Morgan fingerprint density at radius 1 is 0.714 bits per heavy atom. The van der Waals surface area contributed by atoms with Gasteiger partial charge in [0.15, 0.2) is 0 Å². The lowest BCUT2D eigenvalue weighted by Crippen LogP contribution is -2.56. The zero-order valence-corrected chi connectivity index (χ0v) is 21.7. The fourth-order valence-electron chi connectivity index (χ4n) is 4.25. The summed E-state index contributed by atoms with van der Waals surface area (Å²) in [6.07, 6.45) is 8.11. The molecule has 1 saturated carbocycles. The molecule has 1 heterocycles. The van der Waals surface area contributed by atoms with Crippen molar-refractivity contribution in [2.24, 2.45) is 9.98 Å². The fourth-order valence-corrected chi connectivity index (χ4v) is 6.49. The van der Waals surface area contributed by atoms with Gasteiger partial charge in [-0.25, -0.2) is 0 Å². The average molecular weight is 498 g/mol. The summed E-state index contributed by atoms with van der Waals surface area (Å²) in [5.41, 5.74) is 1.68. The smallest absolute Gasteiger partial charge is 0.719 e. The largest absolute Gasteiger partial charge is 1.04 e. The van der Waals surface area contributed by atoms with Gasteiger partial charge in [0.25, 0.3) is 0 Å². The quantitative estimate of drug-likeness (QED) is 0.404. The third-order valence-electron chi connectivity index (χ3n) is 6.10. The molecule has 0 N–H and O–H groups in total. The molecule has 9 heteroatoms. The van der Waals surface area contributed by atoms with Gasteiger partial charge in [-0.1, -0.05) is 37.1 Å². The van der Waals surface area contributed by atoms with Crippen molar-refractivity contribution in [1.29, 1.82) is 0 Å². The maximum absolute atomic E-state index is 6.54. The van der Waals surface area contributed by atoms with Crippen molar-refractivity contribution in [3.8, 4) is 11.5 Å². The van der Waals surface area contributed by atoms with Crippen molar-refractivity contribution in [1.82, 2.24) is 0 Å². The number of hydrogen-bond donors (Lipinski definition) is 0.